The minimum absolute atomic E-state index is 0.133. The lowest BCUT2D eigenvalue weighted by molar-refractivity contribution is -0.386. The molecule has 0 aromatic heterocycles. The van der Waals surface area contributed by atoms with E-state index in [2.05, 4.69) is 20.8 Å². The van der Waals surface area contributed by atoms with Crippen LogP contribution >= 0.6 is 0 Å². The summed E-state index contributed by atoms with van der Waals surface area (Å²) in [7, 11) is 1.63. The molecule has 3 aliphatic rings. The van der Waals surface area contributed by atoms with Crippen LogP contribution in [0, 0.1) is 0 Å². The quantitative estimate of drug-likeness (QED) is 0.234. The molecule has 0 amide bonds. The van der Waals surface area contributed by atoms with E-state index in [9.17, 15) is 0 Å². The Morgan fingerprint density at radius 3 is 2.10 bits per heavy atom. The topological polar surface area (TPSA) is 83.1 Å². The van der Waals surface area contributed by atoms with E-state index in [1.54, 1.807) is 7.11 Å². The summed E-state index contributed by atoms with van der Waals surface area (Å²) >= 11 is 0. The van der Waals surface area contributed by atoms with Gasteiger partial charge in [0.15, 0.2) is 18.9 Å². The molecule has 9 heteroatoms. The van der Waals surface area contributed by atoms with Gasteiger partial charge in [-0.25, -0.2) is 0 Å². The van der Waals surface area contributed by atoms with Crippen molar-refractivity contribution in [1.29, 1.82) is 0 Å². The van der Waals surface area contributed by atoms with Crippen LogP contribution in [0.2, 0.25) is 0 Å². The maximum atomic E-state index is 6.70. The van der Waals surface area contributed by atoms with Gasteiger partial charge in [-0.15, -0.1) is 0 Å². The van der Waals surface area contributed by atoms with Crippen molar-refractivity contribution < 1.29 is 42.6 Å². The first-order valence-electron chi connectivity index (χ1n) is 15.7. The Balaban J connectivity index is 1.50. The number of methoxy groups -OCH3 is 1. The van der Waals surface area contributed by atoms with E-state index in [0.717, 1.165) is 44.1 Å². The molecule has 10 atom stereocenters. The summed E-state index contributed by atoms with van der Waals surface area (Å²) in [6.07, 6.45) is 2.71. The van der Waals surface area contributed by atoms with Crippen molar-refractivity contribution in [3.05, 3.63) is 35.9 Å². The third-order valence-corrected chi connectivity index (χ3v) is 7.96. The molecule has 234 valence electrons. The lowest BCUT2D eigenvalue weighted by Crippen LogP contribution is -2.64. The number of hydrogen-bond donors (Lipinski definition) is 0. The molecular formula is C32H52O9. The summed E-state index contributed by atoms with van der Waals surface area (Å²) in [4.78, 5) is 0. The van der Waals surface area contributed by atoms with Crippen LogP contribution < -0.4 is 0 Å². The zero-order chi connectivity index (χ0) is 29.0. The molecule has 3 aliphatic heterocycles. The van der Waals surface area contributed by atoms with Crippen molar-refractivity contribution in [2.75, 3.05) is 33.5 Å². The molecule has 41 heavy (non-hydrogen) atoms. The van der Waals surface area contributed by atoms with Crippen LogP contribution in [0.4, 0.5) is 0 Å². The van der Waals surface area contributed by atoms with Crippen LogP contribution in [0.5, 0.6) is 0 Å². The Bertz CT molecular complexity index is 842. The highest BCUT2D eigenvalue weighted by Crippen LogP contribution is 2.38. The molecule has 0 bridgehead atoms. The molecule has 0 radical (unpaired) electrons. The van der Waals surface area contributed by atoms with Crippen molar-refractivity contribution in [3.8, 4) is 0 Å². The van der Waals surface area contributed by atoms with E-state index < -0.39 is 37.2 Å². The van der Waals surface area contributed by atoms with Crippen molar-refractivity contribution >= 4 is 0 Å². The number of ether oxygens (including phenoxy) is 9. The Labute approximate surface area is 246 Å². The molecular weight excluding hydrogens is 528 g/mol. The first kappa shape index (κ1) is 32.8. The molecule has 9 nitrogen and oxygen atoms in total. The lowest BCUT2D eigenvalue weighted by Gasteiger charge is -2.50. The summed E-state index contributed by atoms with van der Waals surface area (Å²) in [5.74, 6) is 0. The van der Waals surface area contributed by atoms with Crippen LogP contribution in [0.25, 0.3) is 0 Å². The van der Waals surface area contributed by atoms with Gasteiger partial charge >= 0.3 is 0 Å². The summed E-state index contributed by atoms with van der Waals surface area (Å²) in [6, 6.07) is 9.94. The molecule has 5 unspecified atom stereocenters. The highest BCUT2D eigenvalue weighted by Gasteiger charge is 2.53. The largest absolute Gasteiger partial charge is 0.375 e. The monoisotopic (exact) mass is 580 g/mol. The molecule has 0 saturated carbocycles. The standard InChI is InChI=1S/C32H52O9/c1-6-9-17-34-24-20-26(38-22(4)27(24)35-18-10-7-2)40-30-29(36-19-11-8-3)28-25(39-32(30)33-5)21-37-31(41-28)23-15-13-12-14-16-23/h12-16,22,24-32H,6-11,17-21H2,1-5H3/t22?,24-,25?,26-,27?,28-,29+,30?,31?,32+/m1/s1. The molecule has 0 N–H and O–H groups in total. The fourth-order valence-corrected chi connectivity index (χ4v) is 5.62. The minimum Gasteiger partial charge on any atom is -0.375 e. The molecule has 3 fully saturated rings. The van der Waals surface area contributed by atoms with E-state index in [4.69, 9.17) is 42.6 Å². The summed E-state index contributed by atoms with van der Waals surface area (Å²) in [6.45, 7) is 10.8. The van der Waals surface area contributed by atoms with Gasteiger partial charge in [-0.05, 0) is 26.2 Å². The first-order chi connectivity index (χ1) is 20.1. The SMILES string of the molecule is CCCCOC1C(C)O[C@H](OC2[C@@H](OC)OC3COC(c4ccccc4)O[C@H]3[C@@H]2OCCCC)C[C@H]1OCCCC. The van der Waals surface area contributed by atoms with Crippen molar-refractivity contribution in [2.45, 2.75) is 134 Å². The third kappa shape index (κ3) is 8.94. The Morgan fingerprint density at radius 1 is 0.780 bits per heavy atom. The first-order valence-corrected chi connectivity index (χ1v) is 15.7. The zero-order valence-corrected chi connectivity index (χ0v) is 25.6. The minimum atomic E-state index is -0.666. The predicted octanol–water partition coefficient (Wildman–Crippen LogP) is 5.55. The van der Waals surface area contributed by atoms with Gasteiger partial charge < -0.3 is 42.6 Å². The maximum absolute atomic E-state index is 6.70. The Hall–Kier alpha value is -1.14. The van der Waals surface area contributed by atoms with Crippen LogP contribution in [-0.2, 0) is 42.6 Å². The second kappa shape index (κ2) is 17.2. The molecule has 3 saturated heterocycles. The van der Waals surface area contributed by atoms with Crippen LogP contribution in [0.3, 0.4) is 0 Å². The lowest BCUT2D eigenvalue weighted by atomic mass is 9.96. The van der Waals surface area contributed by atoms with Crippen LogP contribution in [0.15, 0.2) is 30.3 Å². The van der Waals surface area contributed by atoms with Gasteiger partial charge in [0.25, 0.3) is 0 Å². The van der Waals surface area contributed by atoms with Crippen LogP contribution in [0.1, 0.15) is 84.5 Å². The van der Waals surface area contributed by atoms with Crippen molar-refractivity contribution in [2.24, 2.45) is 0 Å². The summed E-state index contributed by atoms with van der Waals surface area (Å²) in [5, 5.41) is 0. The van der Waals surface area contributed by atoms with Crippen molar-refractivity contribution in [1.82, 2.24) is 0 Å². The van der Waals surface area contributed by atoms with E-state index in [1.807, 2.05) is 37.3 Å². The van der Waals surface area contributed by atoms with Gasteiger partial charge in [-0.3, -0.25) is 0 Å². The number of benzene rings is 1. The van der Waals surface area contributed by atoms with Crippen LogP contribution in [-0.4, -0.2) is 88.8 Å². The average molecular weight is 581 g/mol. The van der Waals surface area contributed by atoms with Gasteiger partial charge in [-0.2, -0.15) is 0 Å². The van der Waals surface area contributed by atoms with Gasteiger partial charge in [0, 0.05) is 38.9 Å². The molecule has 4 rings (SSSR count). The summed E-state index contributed by atoms with van der Waals surface area (Å²) < 4.78 is 56.9. The average Bonchev–Trinajstić information content (AvgIpc) is 2.99. The second-order valence-corrected chi connectivity index (χ2v) is 11.2. The van der Waals surface area contributed by atoms with Gasteiger partial charge in [-0.1, -0.05) is 70.4 Å². The molecule has 0 spiro atoms. The van der Waals surface area contributed by atoms with Gasteiger partial charge in [0.2, 0.25) is 0 Å². The number of unbranched alkanes of at least 4 members (excludes halogenated alkanes) is 3. The van der Waals surface area contributed by atoms with E-state index in [-0.39, 0.29) is 24.4 Å². The van der Waals surface area contributed by atoms with Crippen molar-refractivity contribution in [3.63, 3.8) is 0 Å². The smallest absolute Gasteiger partial charge is 0.186 e. The fraction of sp³-hybridized carbons (Fsp3) is 0.812. The van der Waals surface area contributed by atoms with E-state index in [0.29, 0.717) is 32.8 Å². The predicted molar refractivity (Wildman–Crippen MR) is 153 cm³/mol. The highest BCUT2D eigenvalue weighted by molar-refractivity contribution is 5.16. The maximum Gasteiger partial charge on any atom is 0.186 e. The molecule has 1 aromatic rings. The number of rotatable bonds is 16. The van der Waals surface area contributed by atoms with Gasteiger partial charge in [0.1, 0.15) is 30.5 Å². The number of hydrogen-bond acceptors (Lipinski definition) is 9. The Kier molecular flexibility index (Phi) is 13.8. The molecule has 1 aromatic carbocycles. The van der Waals surface area contributed by atoms with Gasteiger partial charge in [0.05, 0.1) is 18.8 Å². The Morgan fingerprint density at radius 2 is 1.44 bits per heavy atom. The highest BCUT2D eigenvalue weighted by atomic mass is 16.8. The molecule has 0 aliphatic carbocycles. The molecule has 3 heterocycles. The zero-order valence-electron chi connectivity index (χ0n) is 25.6. The summed E-state index contributed by atoms with van der Waals surface area (Å²) in [5.41, 5.74) is 0.954. The normalized spacial score (nSPS) is 35.7. The van der Waals surface area contributed by atoms with E-state index in [1.165, 1.54) is 0 Å². The fourth-order valence-electron chi connectivity index (χ4n) is 5.62. The second-order valence-electron chi connectivity index (χ2n) is 11.2. The third-order valence-electron chi connectivity index (χ3n) is 7.96. The number of fused-ring (bicyclic) bond motifs is 1. The van der Waals surface area contributed by atoms with E-state index >= 15 is 0 Å².